The average molecular weight is 436 g/mol. The Morgan fingerprint density at radius 1 is 1.27 bits per heavy atom. The number of nitrogens with zero attached hydrogens (tertiary/aromatic N) is 2. The zero-order valence-corrected chi connectivity index (χ0v) is 17.6. The van der Waals surface area contributed by atoms with Crippen LogP contribution in [-0.2, 0) is 16.4 Å². The summed E-state index contributed by atoms with van der Waals surface area (Å²) in [6, 6.07) is 3.54. The summed E-state index contributed by atoms with van der Waals surface area (Å²) in [7, 11) is -3.80. The van der Waals surface area contributed by atoms with E-state index < -0.39 is 38.7 Å². The summed E-state index contributed by atoms with van der Waals surface area (Å²) < 4.78 is 55.0. The van der Waals surface area contributed by atoms with Crippen molar-refractivity contribution in [3.05, 3.63) is 52.9 Å². The fraction of sp³-hybridized carbons (Fsp3) is 0.350. The maximum Gasteiger partial charge on any atom is 0.232 e. The number of sulfonamides is 1. The number of H-pyrrole nitrogens is 1. The summed E-state index contributed by atoms with van der Waals surface area (Å²) in [5.41, 5.74) is 0.546. The van der Waals surface area contributed by atoms with Crippen LogP contribution in [0.1, 0.15) is 54.7 Å². The third kappa shape index (κ3) is 4.48. The van der Waals surface area contributed by atoms with Crippen LogP contribution in [0, 0.1) is 11.6 Å². The molecule has 0 fully saturated rings. The molecule has 0 unspecified atom stereocenters. The van der Waals surface area contributed by atoms with E-state index in [4.69, 9.17) is 0 Å². The third-order valence-electron chi connectivity index (χ3n) is 4.55. The molecule has 0 saturated heterocycles. The van der Waals surface area contributed by atoms with Crippen LogP contribution in [0.15, 0.2) is 24.4 Å². The Morgan fingerprint density at radius 2 is 2.00 bits per heavy atom. The Labute approximate surface area is 173 Å². The Bertz CT molecular complexity index is 1210. The van der Waals surface area contributed by atoms with E-state index >= 15 is 0 Å². The molecule has 0 spiro atoms. The van der Waals surface area contributed by atoms with E-state index in [2.05, 4.69) is 19.9 Å². The number of hydrogen-bond acceptors (Lipinski definition) is 5. The van der Waals surface area contributed by atoms with Gasteiger partial charge in [0.1, 0.15) is 5.82 Å². The van der Waals surface area contributed by atoms with Crippen molar-refractivity contribution in [2.75, 3.05) is 10.5 Å². The van der Waals surface area contributed by atoms with Gasteiger partial charge in [-0.05, 0) is 36.1 Å². The van der Waals surface area contributed by atoms with Gasteiger partial charge in [-0.2, -0.15) is 5.10 Å². The molecule has 7 nitrogen and oxygen atoms in total. The SMILES string of the molecule is CCCS(=O)(=O)Nc1ccc(F)c(C(=O)Cc2cnc3n[nH]c(C(C)C)c3c2)c1F. The van der Waals surface area contributed by atoms with E-state index in [1.807, 2.05) is 13.8 Å². The quantitative estimate of drug-likeness (QED) is 0.521. The number of pyridine rings is 1. The Morgan fingerprint density at radius 3 is 2.67 bits per heavy atom. The second kappa shape index (κ2) is 8.47. The summed E-state index contributed by atoms with van der Waals surface area (Å²) in [4.78, 5) is 16.9. The number of fused-ring (bicyclic) bond motifs is 1. The molecule has 160 valence electrons. The number of aromatic amines is 1. The molecule has 2 aromatic heterocycles. The fourth-order valence-electron chi connectivity index (χ4n) is 3.15. The number of hydrogen-bond donors (Lipinski definition) is 2. The number of nitrogens with one attached hydrogen (secondary N) is 2. The molecule has 3 aromatic rings. The van der Waals surface area contributed by atoms with Crippen molar-refractivity contribution in [1.82, 2.24) is 15.2 Å². The highest BCUT2D eigenvalue weighted by molar-refractivity contribution is 7.92. The molecule has 0 bridgehead atoms. The highest BCUT2D eigenvalue weighted by Crippen LogP contribution is 2.26. The molecule has 2 N–H and O–H groups in total. The molecule has 0 aliphatic rings. The lowest BCUT2D eigenvalue weighted by molar-refractivity contribution is 0.0985. The van der Waals surface area contributed by atoms with Crippen molar-refractivity contribution in [3.63, 3.8) is 0 Å². The lowest BCUT2D eigenvalue weighted by Crippen LogP contribution is -2.19. The summed E-state index contributed by atoms with van der Waals surface area (Å²) >= 11 is 0. The van der Waals surface area contributed by atoms with E-state index in [9.17, 15) is 22.0 Å². The lowest BCUT2D eigenvalue weighted by Gasteiger charge is -2.11. The predicted octanol–water partition coefficient (Wildman–Crippen LogP) is 3.94. The van der Waals surface area contributed by atoms with Gasteiger partial charge < -0.3 is 0 Å². The first-order chi connectivity index (χ1) is 14.1. The molecule has 0 atom stereocenters. The van der Waals surface area contributed by atoms with Crippen LogP contribution in [0.2, 0.25) is 0 Å². The molecule has 2 heterocycles. The number of anilines is 1. The lowest BCUT2D eigenvalue weighted by atomic mass is 10.0. The zero-order chi connectivity index (χ0) is 22.1. The number of carbonyl (C=O) groups is 1. The fourth-order valence-corrected chi connectivity index (χ4v) is 4.28. The number of Topliss-reactive ketones (excluding diaryl/α,β-unsaturated/α-hetero) is 1. The van der Waals surface area contributed by atoms with Crippen LogP contribution in [0.4, 0.5) is 14.5 Å². The summed E-state index contributed by atoms with van der Waals surface area (Å²) in [6.07, 6.45) is 1.45. The van der Waals surface area contributed by atoms with Gasteiger partial charge in [-0.1, -0.05) is 20.8 Å². The monoisotopic (exact) mass is 436 g/mol. The van der Waals surface area contributed by atoms with Crippen LogP contribution in [0.3, 0.4) is 0 Å². The van der Waals surface area contributed by atoms with Crippen molar-refractivity contribution < 1.29 is 22.0 Å². The minimum atomic E-state index is -3.80. The topological polar surface area (TPSA) is 105 Å². The predicted molar refractivity (Wildman–Crippen MR) is 110 cm³/mol. The number of carbonyl (C=O) groups excluding carboxylic acids is 1. The van der Waals surface area contributed by atoms with Gasteiger partial charge >= 0.3 is 0 Å². The van der Waals surface area contributed by atoms with Crippen molar-refractivity contribution in [2.45, 2.75) is 39.5 Å². The second-order valence-corrected chi connectivity index (χ2v) is 9.15. The van der Waals surface area contributed by atoms with E-state index in [1.54, 1.807) is 13.0 Å². The molecular formula is C20H22F2N4O3S. The number of halogens is 2. The number of benzene rings is 1. The molecule has 0 amide bonds. The van der Waals surface area contributed by atoms with Gasteiger partial charge in [0.25, 0.3) is 0 Å². The van der Waals surface area contributed by atoms with E-state index in [-0.39, 0.29) is 18.1 Å². The van der Waals surface area contributed by atoms with Crippen LogP contribution in [-0.4, -0.2) is 35.1 Å². The molecule has 30 heavy (non-hydrogen) atoms. The standard InChI is InChI=1S/C20H22F2N4O3S/c1-4-7-30(28,29)26-15-6-5-14(21)17(18(15)22)16(27)9-12-8-13-19(11(2)3)24-25-20(13)23-10-12/h5-6,8,10-11,26H,4,7,9H2,1-3H3,(H,23,24,25). The molecule has 0 saturated carbocycles. The molecule has 1 aromatic carbocycles. The van der Waals surface area contributed by atoms with Gasteiger partial charge in [-0.15, -0.1) is 0 Å². The second-order valence-electron chi connectivity index (χ2n) is 7.31. The van der Waals surface area contributed by atoms with Gasteiger partial charge in [0.15, 0.2) is 17.2 Å². The first-order valence-corrected chi connectivity index (χ1v) is 11.1. The Balaban J connectivity index is 1.92. The van der Waals surface area contributed by atoms with E-state index in [0.717, 1.165) is 23.2 Å². The number of aromatic nitrogens is 3. The van der Waals surface area contributed by atoms with Gasteiger partial charge in [0, 0.05) is 23.7 Å². The normalized spacial score (nSPS) is 11.9. The minimum absolute atomic E-state index is 0.144. The number of ketones is 1. The highest BCUT2D eigenvalue weighted by Gasteiger charge is 2.23. The summed E-state index contributed by atoms with van der Waals surface area (Å²) in [5, 5.41) is 7.74. The minimum Gasteiger partial charge on any atom is -0.294 e. The smallest absolute Gasteiger partial charge is 0.232 e. The van der Waals surface area contributed by atoms with Gasteiger partial charge in [0.2, 0.25) is 10.0 Å². The summed E-state index contributed by atoms with van der Waals surface area (Å²) in [5.74, 6) is -3.19. The Kier molecular flexibility index (Phi) is 6.16. The van der Waals surface area contributed by atoms with Crippen molar-refractivity contribution in [3.8, 4) is 0 Å². The summed E-state index contributed by atoms with van der Waals surface area (Å²) in [6.45, 7) is 5.60. The van der Waals surface area contributed by atoms with Crippen molar-refractivity contribution >= 4 is 32.5 Å². The van der Waals surface area contributed by atoms with Crippen LogP contribution in [0.5, 0.6) is 0 Å². The third-order valence-corrected chi connectivity index (χ3v) is 6.02. The van der Waals surface area contributed by atoms with E-state index in [1.165, 1.54) is 6.20 Å². The van der Waals surface area contributed by atoms with E-state index in [0.29, 0.717) is 17.6 Å². The molecule has 0 radical (unpaired) electrons. The molecule has 0 aliphatic carbocycles. The van der Waals surface area contributed by atoms with Gasteiger partial charge in [0.05, 0.1) is 17.0 Å². The largest absolute Gasteiger partial charge is 0.294 e. The maximum atomic E-state index is 14.8. The molecular weight excluding hydrogens is 414 g/mol. The first-order valence-electron chi connectivity index (χ1n) is 9.47. The number of rotatable bonds is 8. The molecule has 3 rings (SSSR count). The average Bonchev–Trinajstić information content (AvgIpc) is 3.07. The van der Waals surface area contributed by atoms with Gasteiger partial charge in [-0.3, -0.25) is 14.6 Å². The van der Waals surface area contributed by atoms with Crippen LogP contribution in [0.25, 0.3) is 11.0 Å². The molecule has 10 heteroatoms. The van der Waals surface area contributed by atoms with Crippen LogP contribution >= 0.6 is 0 Å². The van der Waals surface area contributed by atoms with Gasteiger partial charge in [-0.25, -0.2) is 22.2 Å². The van der Waals surface area contributed by atoms with Crippen molar-refractivity contribution in [2.24, 2.45) is 0 Å². The van der Waals surface area contributed by atoms with Crippen LogP contribution < -0.4 is 4.72 Å². The molecule has 0 aliphatic heterocycles. The highest BCUT2D eigenvalue weighted by atomic mass is 32.2. The Hall–Kier alpha value is -2.88. The van der Waals surface area contributed by atoms with Crippen molar-refractivity contribution in [1.29, 1.82) is 0 Å². The zero-order valence-electron chi connectivity index (χ0n) is 16.8. The maximum absolute atomic E-state index is 14.8. The first kappa shape index (κ1) is 21.8.